The van der Waals surface area contributed by atoms with Gasteiger partial charge in [-0.3, -0.25) is 4.79 Å². The molecule has 0 radical (unpaired) electrons. The van der Waals surface area contributed by atoms with Gasteiger partial charge in [0.1, 0.15) is 22.7 Å². The number of ether oxygens (including phenoxy) is 1. The molecule has 10 aliphatic rings. The number of carbonyl (C=O) groups is 1. The molecule has 1 aromatic rings. The molecule has 1 saturated heterocycles. The molecule has 2 bridgehead atoms. The summed E-state index contributed by atoms with van der Waals surface area (Å²) in [5, 5.41) is 103. The standard InChI is InChI=1S/C53H77NO10/c1-7-9-10-11-30-12-16-49(23-30)28-48(6)44-39(64-53(51(44,62)18-19-55)35-14-15-46(4,29(3)45(53)60)24-31(35)27-54-8-2)25-52(48,63)36-22-38(58)42-41-34-20-32(56)21-37(57)33(34)13-17-50(41,61)40(59)26-47(42,5)43(36)49/h20-22,24,29-30,35,39-45,54-57,59-63H,7-19,23,25-28H2,1-6H3/t29-,30+,35+,39+,40+,41+,42-,43+,44+,45+,46-,47+,48-,49-,50+,51-,52-,53+/m1/s1. The van der Waals surface area contributed by atoms with Gasteiger partial charge in [0.2, 0.25) is 0 Å². The molecule has 1 heterocycles. The molecule has 0 unspecified atom stereocenters. The van der Waals surface area contributed by atoms with E-state index in [9.17, 15) is 40.9 Å². The Kier molecular flexibility index (Phi) is 10.5. The Bertz CT molecular complexity index is 2140. The van der Waals surface area contributed by atoms with Gasteiger partial charge < -0.3 is 50.9 Å². The predicted molar refractivity (Wildman–Crippen MR) is 241 cm³/mol. The molecule has 9 aliphatic carbocycles. The largest absolute Gasteiger partial charge is 0.508 e. The number of ketones is 1. The van der Waals surface area contributed by atoms with Crippen LogP contribution >= 0.6 is 0 Å². The Balaban J connectivity index is 1.15. The Morgan fingerprint density at radius 3 is 2.42 bits per heavy atom. The van der Waals surface area contributed by atoms with Gasteiger partial charge in [-0.15, -0.1) is 0 Å². The van der Waals surface area contributed by atoms with Crippen LogP contribution in [0.5, 0.6) is 11.5 Å². The van der Waals surface area contributed by atoms with E-state index in [1.807, 2.05) is 0 Å². The van der Waals surface area contributed by atoms with Gasteiger partial charge in [-0.2, -0.15) is 0 Å². The van der Waals surface area contributed by atoms with Gasteiger partial charge in [0.15, 0.2) is 5.78 Å². The number of aliphatic hydroxyl groups excluding tert-OH is 3. The van der Waals surface area contributed by atoms with E-state index in [1.165, 1.54) is 6.07 Å². The number of hydrogen-bond acceptors (Lipinski definition) is 11. The number of aromatic hydroxyl groups is 2. The van der Waals surface area contributed by atoms with E-state index in [0.717, 1.165) is 63.5 Å². The van der Waals surface area contributed by atoms with E-state index in [-0.39, 0.29) is 79.2 Å². The summed E-state index contributed by atoms with van der Waals surface area (Å²) >= 11 is 0. The minimum absolute atomic E-state index is 0.0370. The zero-order valence-corrected chi connectivity index (χ0v) is 39.2. The average molecular weight is 888 g/mol. The van der Waals surface area contributed by atoms with Crippen LogP contribution in [0, 0.1) is 57.2 Å². The highest BCUT2D eigenvalue weighted by Crippen LogP contribution is 2.80. The lowest BCUT2D eigenvalue weighted by Crippen LogP contribution is -2.72. The molecule has 11 heteroatoms. The van der Waals surface area contributed by atoms with Crippen LogP contribution in [0.1, 0.15) is 148 Å². The minimum Gasteiger partial charge on any atom is -0.508 e. The molecule has 18 atom stereocenters. The first-order valence-electron chi connectivity index (χ1n) is 25.2. The van der Waals surface area contributed by atoms with Crippen LogP contribution in [0.2, 0.25) is 0 Å². The summed E-state index contributed by atoms with van der Waals surface area (Å²) in [6.45, 7) is 13.8. The second-order valence-corrected chi connectivity index (χ2v) is 23.9. The quantitative estimate of drug-likeness (QED) is 0.102. The van der Waals surface area contributed by atoms with Gasteiger partial charge in [-0.25, -0.2) is 0 Å². The van der Waals surface area contributed by atoms with Crippen LogP contribution in [0.25, 0.3) is 0 Å². The summed E-state index contributed by atoms with van der Waals surface area (Å²) in [5.74, 6) is -3.49. The summed E-state index contributed by atoms with van der Waals surface area (Å²) in [7, 11) is 0. The molecule has 11 rings (SSSR count). The minimum atomic E-state index is -1.75. The van der Waals surface area contributed by atoms with Crippen molar-refractivity contribution in [3.8, 4) is 11.5 Å². The van der Waals surface area contributed by atoms with Crippen LogP contribution < -0.4 is 5.32 Å². The highest BCUT2D eigenvalue weighted by molar-refractivity contribution is 5.96. The van der Waals surface area contributed by atoms with Gasteiger partial charge in [0.25, 0.3) is 0 Å². The van der Waals surface area contributed by atoms with E-state index in [1.54, 1.807) is 12.1 Å². The Morgan fingerprint density at radius 2 is 1.70 bits per heavy atom. The second kappa shape index (κ2) is 14.8. The number of phenolic OH excluding ortho intramolecular Hbond substituents is 2. The van der Waals surface area contributed by atoms with Crippen molar-refractivity contribution in [3.63, 3.8) is 0 Å². The molecule has 1 aromatic carbocycles. The summed E-state index contributed by atoms with van der Waals surface area (Å²) in [4.78, 5) is 15.5. The fourth-order valence-electron chi connectivity index (χ4n) is 18.5. The molecule has 354 valence electrons. The first-order chi connectivity index (χ1) is 30.2. The lowest BCUT2D eigenvalue weighted by atomic mass is 9.36. The van der Waals surface area contributed by atoms with Gasteiger partial charge in [-0.1, -0.05) is 78.9 Å². The van der Waals surface area contributed by atoms with Crippen LogP contribution in [0.4, 0.5) is 0 Å². The molecule has 64 heavy (non-hydrogen) atoms. The normalized spacial score (nSPS) is 50.9. The Labute approximate surface area is 379 Å². The smallest absolute Gasteiger partial charge is 0.160 e. The maximum atomic E-state index is 15.5. The van der Waals surface area contributed by atoms with E-state index in [0.29, 0.717) is 42.0 Å². The topological polar surface area (TPSA) is 200 Å². The number of benzene rings is 1. The maximum Gasteiger partial charge on any atom is 0.160 e. The zero-order valence-electron chi connectivity index (χ0n) is 39.2. The van der Waals surface area contributed by atoms with E-state index in [4.69, 9.17) is 4.74 Å². The highest BCUT2D eigenvalue weighted by Gasteiger charge is 2.84. The number of allylic oxidation sites excluding steroid dienone is 2. The lowest BCUT2D eigenvalue weighted by molar-refractivity contribution is -0.254. The first kappa shape index (κ1) is 45.4. The van der Waals surface area contributed by atoms with Gasteiger partial charge in [-0.05, 0) is 127 Å². The summed E-state index contributed by atoms with van der Waals surface area (Å²) < 4.78 is 7.52. The number of fused-ring (bicyclic) bond motifs is 14. The fraction of sp³-hybridized carbons (Fsp3) is 0.792. The number of nitrogens with one attached hydrogen (secondary N) is 1. The third-order valence-electron chi connectivity index (χ3n) is 21.0. The maximum absolute atomic E-state index is 15.5. The monoisotopic (exact) mass is 888 g/mol. The molecule has 6 fully saturated rings. The van der Waals surface area contributed by atoms with Crippen LogP contribution in [0.15, 0.2) is 35.4 Å². The predicted octanol–water partition coefficient (Wildman–Crippen LogP) is 6.11. The summed E-state index contributed by atoms with van der Waals surface area (Å²) in [6.07, 6.45) is 10.8. The van der Waals surface area contributed by atoms with Crippen LogP contribution in [-0.4, -0.2) is 107 Å². The van der Waals surface area contributed by atoms with E-state index >= 15 is 4.79 Å². The fourth-order valence-corrected chi connectivity index (χ4v) is 18.5. The number of rotatable bonds is 9. The number of carbonyl (C=O) groups excluding carboxylic acids is 1. The van der Waals surface area contributed by atoms with Crippen molar-refractivity contribution in [1.82, 2.24) is 5.32 Å². The molecule has 9 N–H and O–H groups in total. The number of aliphatic hydroxyl groups is 6. The van der Waals surface area contributed by atoms with Crippen molar-refractivity contribution >= 4 is 5.78 Å². The Hall–Kier alpha value is -2.35. The van der Waals surface area contributed by atoms with Gasteiger partial charge in [0.05, 0.1) is 29.5 Å². The summed E-state index contributed by atoms with van der Waals surface area (Å²) in [5.41, 5.74) is -6.50. The first-order valence-corrected chi connectivity index (χ1v) is 25.2. The van der Waals surface area contributed by atoms with E-state index in [2.05, 4.69) is 52.9 Å². The number of unbranched alkanes of at least 4 members (excludes halogenated alkanes) is 2. The number of hydrogen-bond donors (Lipinski definition) is 9. The summed E-state index contributed by atoms with van der Waals surface area (Å²) in [6, 6.07) is 2.85. The lowest BCUT2D eigenvalue weighted by Gasteiger charge is -2.69. The molecule has 1 aliphatic heterocycles. The van der Waals surface area contributed by atoms with E-state index < -0.39 is 74.7 Å². The Morgan fingerprint density at radius 1 is 0.938 bits per heavy atom. The van der Waals surface area contributed by atoms with Crippen molar-refractivity contribution in [3.05, 3.63) is 46.6 Å². The molecule has 2 spiro atoms. The average Bonchev–Trinajstić information content (AvgIpc) is 3.79. The second-order valence-electron chi connectivity index (χ2n) is 23.9. The highest BCUT2D eigenvalue weighted by atomic mass is 16.6. The molecule has 11 nitrogen and oxygen atoms in total. The van der Waals surface area contributed by atoms with Gasteiger partial charge >= 0.3 is 0 Å². The third kappa shape index (κ3) is 5.59. The SMILES string of the molecule is CCCCC[C@H]1CC[C@@]2(C1)C[C@]1(C)[C@@H]3[C@H](C[C@@]1(O)C1=CC(=O)[C@@H]4[C@@H]5c6cc(O)cc(O)c6CC[C@]5(O)[C@@H](O)C[C@]4(C)[C@H]12)O[C@]1([C@H]2CC[C@](C)(C=C2CNCC)[C@H](C)[C@@H]1O)[C@@]3(O)CCO. The molecule has 5 saturated carbocycles. The van der Waals surface area contributed by atoms with Crippen molar-refractivity contribution in [2.75, 3.05) is 19.7 Å². The third-order valence-corrected chi connectivity index (χ3v) is 21.0. The van der Waals surface area contributed by atoms with Crippen molar-refractivity contribution in [1.29, 1.82) is 0 Å². The molecular formula is C53H77NO10. The van der Waals surface area contributed by atoms with Crippen molar-refractivity contribution in [2.45, 2.75) is 184 Å². The van der Waals surface area contributed by atoms with Crippen LogP contribution in [0.3, 0.4) is 0 Å². The number of phenols is 2. The van der Waals surface area contributed by atoms with Crippen molar-refractivity contribution in [2.24, 2.45) is 57.2 Å². The molecule has 0 aromatic heterocycles. The number of likely N-dealkylation sites (N-methyl/N-ethyl adjacent to an activating group) is 1. The van der Waals surface area contributed by atoms with Crippen LogP contribution in [-0.2, 0) is 16.0 Å². The molecular weight excluding hydrogens is 811 g/mol. The van der Waals surface area contributed by atoms with Crippen molar-refractivity contribution < 1.29 is 50.4 Å². The van der Waals surface area contributed by atoms with Gasteiger partial charge in [0, 0.05) is 61.1 Å². The molecule has 0 amide bonds. The zero-order chi connectivity index (χ0) is 45.8.